The second kappa shape index (κ2) is 14.8. The fourth-order valence-electron chi connectivity index (χ4n) is 13.0. The van der Waals surface area contributed by atoms with E-state index >= 15 is 0 Å². The zero-order chi connectivity index (χ0) is 46.0. The lowest BCUT2D eigenvalue weighted by Gasteiger charge is -2.33. The van der Waals surface area contributed by atoms with Gasteiger partial charge in [-0.1, -0.05) is 218 Å². The van der Waals surface area contributed by atoms with Crippen molar-refractivity contribution in [1.29, 1.82) is 0 Å². The van der Waals surface area contributed by atoms with E-state index in [1.807, 2.05) is 0 Å². The molecular formula is C68H43NO. The maximum atomic E-state index is 7.36. The predicted octanol–water partition coefficient (Wildman–Crippen LogP) is 17.4. The zero-order valence-electron chi connectivity index (χ0n) is 38.2. The fraction of sp³-hybridized carbons (Fsp3) is 0.0294. The molecule has 0 saturated carbocycles. The molecule has 1 spiro atoms. The third-order valence-electron chi connectivity index (χ3n) is 15.8. The highest BCUT2D eigenvalue weighted by Crippen LogP contribution is 2.64. The normalized spacial score (nSPS) is 13.9. The summed E-state index contributed by atoms with van der Waals surface area (Å²) in [5.41, 5.74) is 24.1. The van der Waals surface area contributed by atoms with Crippen LogP contribution in [0.3, 0.4) is 0 Å². The molecule has 0 aliphatic heterocycles. The predicted molar refractivity (Wildman–Crippen MR) is 287 cm³/mol. The molecule has 1 heterocycles. The first-order chi connectivity index (χ1) is 34.7. The summed E-state index contributed by atoms with van der Waals surface area (Å²) in [5, 5.41) is 2.19. The first-order valence-corrected chi connectivity index (χ1v) is 24.3. The molecule has 0 fully saturated rings. The first kappa shape index (κ1) is 39.1. The lowest BCUT2D eigenvalue weighted by atomic mass is 9.67. The van der Waals surface area contributed by atoms with Crippen LogP contribution < -0.4 is 4.90 Å². The van der Waals surface area contributed by atoms with Gasteiger partial charge in [0.2, 0.25) is 0 Å². The summed E-state index contributed by atoms with van der Waals surface area (Å²) in [4.78, 5) is 2.42. The molecule has 1 aromatic heterocycles. The maximum Gasteiger partial charge on any atom is 0.140 e. The molecule has 0 saturated heterocycles. The molecule has 326 valence electrons. The topological polar surface area (TPSA) is 16.4 Å². The van der Waals surface area contributed by atoms with Crippen molar-refractivity contribution in [2.24, 2.45) is 0 Å². The van der Waals surface area contributed by atoms with Crippen molar-refractivity contribution in [3.63, 3.8) is 0 Å². The molecule has 12 aromatic rings. The van der Waals surface area contributed by atoms with Crippen molar-refractivity contribution < 1.29 is 4.42 Å². The lowest BCUT2D eigenvalue weighted by Crippen LogP contribution is -2.28. The Kier molecular flexibility index (Phi) is 8.24. The Hall–Kier alpha value is -8.98. The Morgan fingerprint density at radius 3 is 1.27 bits per heavy atom. The van der Waals surface area contributed by atoms with E-state index in [2.05, 4.69) is 266 Å². The SMILES string of the molecule is c1ccc(-c2ccc(N(c3ccc4c(c3)C3(c5ccccc5-c5ccccc53)c3ccccc3-4)c3ccc4c(c3)oc3c(C5(c6ccccc6)c6ccccc6-c6ccccc65)cccc34)cc2)cc1. The highest BCUT2D eigenvalue weighted by atomic mass is 16.3. The molecule has 15 rings (SSSR count). The monoisotopic (exact) mass is 889 g/mol. The summed E-state index contributed by atoms with van der Waals surface area (Å²) >= 11 is 0. The van der Waals surface area contributed by atoms with Gasteiger partial charge in [0.05, 0.1) is 10.8 Å². The largest absolute Gasteiger partial charge is 0.456 e. The van der Waals surface area contributed by atoms with Crippen molar-refractivity contribution in [1.82, 2.24) is 0 Å². The van der Waals surface area contributed by atoms with Crippen LogP contribution in [0, 0.1) is 0 Å². The van der Waals surface area contributed by atoms with E-state index in [9.17, 15) is 0 Å². The standard InChI is InChI=1S/C68H43NO/c1-3-18-44(19-4-1)45-34-36-47(37-35-45)69(48-38-40-55-54-26-11-16-32-62(54)68(64(55)42-48)60-30-14-9-24-52(60)53-25-10-15-31-61(53)68)49-39-41-56-57-27-17-33-63(66(57)70-65(56)43-49)67(46-20-5-2-6-21-46)58-28-12-7-22-50(58)51-23-8-13-29-59(51)67/h1-43H. The minimum Gasteiger partial charge on any atom is -0.456 e. The quantitative estimate of drug-likeness (QED) is 0.165. The smallest absolute Gasteiger partial charge is 0.140 e. The molecule has 3 aliphatic rings. The number of benzene rings is 11. The van der Waals surface area contributed by atoms with Crippen LogP contribution in [0.5, 0.6) is 0 Å². The summed E-state index contributed by atoms with van der Waals surface area (Å²) in [7, 11) is 0. The molecule has 70 heavy (non-hydrogen) atoms. The molecular weight excluding hydrogens is 847 g/mol. The van der Waals surface area contributed by atoms with E-state index in [1.54, 1.807) is 0 Å². The molecule has 0 radical (unpaired) electrons. The molecule has 0 bridgehead atoms. The second-order valence-corrected chi connectivity index (χ2v) is 19.0. The van der Waals surface area contributed by atoms with Gasteiger partial charge >= 0.3 is 0 Å². The number of nitrogens with zero attached hydrogens (tertiary/aromatic N) is 1. The Morgan fingerprint density at radius 1 is 0.271 bits per heavy atom. The third-order valence-corrected chi connectivity index (χ3v) is 15.8. The van der Waals surface area contributed by atoms with Gasteiger partial charge in [0.1, 0.15) is 11.2 Å². The number of para-hydroxylation sites is 1. The minimum atomic E-state index is -0.591. The number of anilines is 3. The van der Waals surface area contributed by atoms with Crippen LogP contribution in [0.25, 0.3) is 66.4 Å². The van der Waals surface area contributed by atoms with E-state index in [1.165, 1.54) is 83.5 Å². The van der Waals surface area contributed by atoms with Crippen LogP contribution in [-0.4, -0.2) is 0 Å². The summed E-state index contributed by atoms with van der Waals surface area (Å²) in [6.07, 6.45) is 0. The molecule has 3 aliphatic carbocycles. The van der Waals surface area contributed by atoms with Gasteiger partial charge < -0.3 is 9.32 Å². The molecule has 0 unspecified atom stereocenters. The van der Waals surface area contributed by atoms with Crippen molar-refractivity contribution in [3.8, 4) is 44.5 Å². The molecule has 0 N–H and O–H groups in total. The fourth-order valence-corrected chi connectivity index (χ4v) is 13.0. The van der Waals surface area contributed by atoms with Gasteiger partial charge in [-0.3, -0.25) is 0 Å². The lowest BCUT2D eigenvalue weighted by molar-refractivity contribution is 0.648. The highest BCUT2D eigenvalue weighted by Gasteiger charge is 2.52. The molecule has 0 atom stereocenters. The van der Waals surface area contributed by atoms with Crippen LogP contribution in [-0.2, 0) is 10.8 Å². The summed E-state index contributed by atoms with van der Waals surface area (Å²) in [5.74, 6) is 0. The number of furan rings is 1. The van der Waals surface area contributed by atoms with Gasteiger partial charge in [-0.25, -0.2) is 0 Å². The molecule has 2 nitrogen and oxygen atoms in total. The number of hydrogen-bond acceptors (Lipinski definition) is 2. The number of fused-ring (bicyclic) bond motifs is 16. The van der Waals surface area contributed by atoms with Crippen LogP contribution in [0.2, 0.25) is 0 Å². The van der Waals surface area contributed by atoms with Crippen LogP contribution in [0.4, 0.5) is 17.1 Å². The number of hydrogen-bond donors (Lipinski definition) is 0. The maximum absolute atomic E-state index is 7.36. The molecule has 11 aromatic carbocycles. The van der Waals surface area contributed by atoms with Crippen molar-refractivity contribution in [3.05, 3.63) is 305 Å². The molecule has 2 heteroatoms. The van der Waals surface area contributed by atoms with Crippen molar-refractivity contribution in [2.45, 2.75) is 10.8 Å². The first-order valence-electron chi connectivity index (χ1n) is 24.3. The Bertz CT molecular complexity index is 3960. The van der Waals surface area contributed by atoms with E-state index in [0.29, 0.717) is 0 Å². The highest BCUT2D eigenvalue weighted by molar-refractivity contribution is 6.08. The van der Waals surface area contributed by atoms with E-state index in [0.717, 1.165) is 44.6 Å². The van der Waals surface area contributed by atoms with Crippen LogP contribution >= 0.6 is 0 Å². The van der Waals surface area contributed by atoms with Crippen LogP contribution in [0.15, 0.2) is 265 Å². The van der Waals surface area contributed by atoms with E-state index in [4.69, 9.17) is 4.42 Å². The zero-order valence-corrected chi connectivity index (χ0v) is 38.2. The average molecular weight is 890 g/mol. The van der Waals surface area contributed by atoms with Crippen molar-refractivity contribution in [2.75, 3.05) is 4.90 Å². The van der Waals surface area contributed by atoms with E-state index < -0.39 is 10.8 Å². The van der Waals surface area contributed by atoms with Gasteiger partial charge in [-0.15, -0.1) is 0 Å². The third kappa shape index (κ3) is 5.17. The summed E-state index contributed by atoms with van der Waals surface area (Å²) in [6.45, 7) is 0. The number of rotatable bonds is 6. The Morgan fingerprint density at radius 2 is 0.700 bits per heavy atom. The second-order valence-electron chi connectivity index (χ2n) is 19.0. The van der Waals surface area contributed by atoms with Crippen molar-refractivity contribution >= 4 is 39.0 Å². The van der Waals surface area contributed by atoms with Gasteiger partial charge in [-0.05, 0) is 120 Å². The van der Waals surface area contributed by atoms with Crippen LogP contribution in [0.1, 0.15) is 44.5 Å². The summed E-state index contributed by atoms with van der Waals surface area (Å²) in [6, 6.07) is 96.3. The van der Waals surface area contributed by atoms with Gasteiger partial charge in [0.15, 0.2) is 0 Å². The van der Waals surface area contributed by atoms with E-state index in [-0.39, 0.29) is 0 Å². The molecule has 0 amide bonds. The van der Waals surface area contributed by atoms with Gasteiger partial charge in [0, 0.05) is 39.5 Å². The Balaban J connectivity index is 0.958. The van der Waals surface area contributed by atoms with Gasteiger partial charge in [0.25, 0.3) is 0 Å². The average Bonchev–Trinajstić information content (AvgIpc) is 4.14. The summed E-state index contributed by atoms with van der Waals surface area (Å²) < 4.78 is 7.36. The Labute approximate surface area is 407 Å². The van der Waals surface area contributed by atoms with Gasteiger partial charge in [-0.2, -0.15) is 0 Å². The minimum absolute atomic E-state index is 0.469.